The molecule has 1 aliphatic rings. The van der Waals surface area contributed by atoms with Gasteiger partial charge in [-0.05, 0) is 37.3 Å². The molecule has 1 aliphatic carbocycles. The van der Waals surface area contributed by atoms with Crippen LogP contribution in [-0.2, 0) is 0 Å². The van der Waals surface area contributed by atoms with Crippen LogP contribution in [0.5, 0.6) is 5.75 Å². The maximum atomic E-state index is 13.3. The molecule has 1 saturated carbocycles. The van der Waals surface area contributed by atoms with Gasteiger partial charge in [-0.3, -0.25) is 4.79 Å². The Labute approximate surface area is 156 Å². The number of nitrogens with zero attached hydrogens (tertiary/aromatic N) is 2. The van der Waals surface area contributed by atoms with E-state index >= 15 is 0 Å². The number of ether oxygens (including phenoxy) is 1. The summed E-state index contributed by atoms with van der Waals surface area (Å²) in [7, 11) is 1.45. The van der Waals surface area contributed by atoms with E-state index in [1.165, 1.54) is 7.11 Å². The molecule has 0 aliphatic heterocycles. The minimum Gasteiger partial charge on any atom is -0.494 e. The molecule has 2 N–H and O–H groups in total. The van der Waals surface area contributed by atoms with Gasteiger partial charge in [-0.2, -0.15) is 13.8 Å². The van der Waals surface area contributed by atoms with Crippen molar-refractivity contribution in [3.05, 3.63) is 41.9 Å². The van der Waals surface area contributed by atoms with Crippen LogP contribution in [0.2, 0.25) is 0 Å². The molecule has 2 aromatic heterocycles. The summed E-state index contributed by atoms with van der Waals surface area (Å²) in [5.74, 6) is -1.36. The number of hydrogen-bond donors (Lipinski definition) is 2. The quantitative estimate of drug-likeness (QED) is 0.750. The Kier molecular flexibility index (Phi) is 5.25. The SMILES string of the molecule is COc1ccc(Nc2cc(F)nc(F)c2)nc1C(=O)NC1(C(C)C)CCC1. The van der Waals surface area contributed by atoms with E-state index in [-0.39, 0.29) is 28.6 Å². The number of carbonyl (C=O) groups is 1. The highest BCUT2D eigenvalue weighted by Gasteiger charge is 2.41. The molecule has 1 fully saturated rings. The first-order valence-corrected chi connectivity index (χ1v) is 8.80. The fourth-order valence-electron chi connectivity index (χ4n) is 3.22. The molecule has 27 heavy (non-hydrogen) atoms. The molecule has 0 atom stereocenters. The molecule has 3 rings (SSSR count). The van der Waals surface area contributed by atoms with E-state index in [0.717, 1.165) is 31.4 Å². The number of pyridine rings is 2. The summed E-state index contributed by atoms with van der Waals surface area (Å²) in [4.78, 5) is 20.2. The predicted molar refractivity (Wildman–Crippen MR) is 97.1 cm³/mol. The second kappa shape index (κ2) is 7.46. The highest BCUT2D eigenvalue weighted by molar-refractivity contribution is 5.96. The van der Waals surface area contributed by atoms with Crippen molar-refractivity contribution in [2.45, 2.75) is 38.6 Å². The Morgan fingerprint density at radius 1 is 1.19 bits per heavy atom. The molecule has 8 heteroatoms. The molecule has 2 aromatic rings. The van der Waals surface area contributed by atoms with Crippen LogP contribution in [0.15, 0.2) is 24.3 Å². The maximum Gasteiger partial charge on any atom is 0.274 e. The average molecular weight is 376 g/mol. The van der Waals surface area contributed by atoms with E-state index in [0.29, 0.717) is 11.7 Å². The third kappa shape index (κ3) is 3.99. The zero-order valence-corrected chi connectivity index (χ0v) is 15.5. The van der Waals surface area contributed by atoms with Crippen LogP contribution in [0, 0.1) is 17.8 Å². The van der Waals surface area contributed by atoms with Crippen LogP contribution in [-0.4, -0.2) is 28.5 Å². The monoisotopic (exact) mass is 376 g/mol. The first-order valence-electron chi connectivity index (χ1n) is 8.80. The third-order valence-electron chi connectivity index (χ3n) is 5.04. The lowest BCUT2D eigenvalue weighted by Crippen LogP contribution is -2.57. The van der Waals surface area contributed by atoms with Gasteiger partial charge in [0.15, 0.2) is 5.69 Å². The number of anilines is 2. The molecular formula is C19H22F2N4O2. The summed E-state index contributed by atoms with van der Waals surface area (Å²) >= 11 is 0. The van der Waals surface area contributed by atoms with Crippen molar-refractivity contribution < 1.29 is 18.3 Å². The van der Waals surface area contributed by atoms with Crippen molar-refractivity contribution in [2.75, 3.05) is 12.4 Å². The van der Waals surface area contributed by atoms with Crippen LogP contribution in [0.1, 0.15) is 43.6 Å². The Morgan fingerprint density at radius 2 is 1.85 bits per heavy atom. The predicted octanol–water partition coefficient (Wildman–Crippen LogP) is 3.82. The second-order valence-electron chi connectivity index (χ2n) is 6.99. The zero-order chi connectivity index (χ0) is 19.6. The van der Waals surface area contributed by atoms with Gasteiger partial charge in [-0.15, -0.1) is 0 Å². The molecule has 0 aromatic carbocycles. The summed E-state index contributed by atoms with van der Waals surface area (Å²) in [5, 5.41) is 5.87. The standard InChI is InChI=1S/C19H22F2N4O2/c1-11(2)19(7-4-8-19)25-18(26)17-13(27-3)5-6-16(24-17)22-12-9-14(20)23-15(21)10-12/h5-6,9-11H,4,7-8H2,1-3H3,(H,25,26)(H,22,23,24). The Balaban J connectivity index is 1.86. The largest absolute Gasteiger partial charge is 0.494 e. The molecular weight excluding hydrogens is 354 g/mol. The van der Waals surface area contributed by atoms with Gasteiger partial charge in [-0.1, -0.05) is 13.8 Å². The van der Waals surface area contributed by atoms with Crippen molar-refractivity contribution in [3.63, 3.8) is 0 Å². The zero-order valence-electron chi connectivity index (χ0n) is 15.5. The third-order valence-corrected chi connectivity index (χ3v) is 5.04. The minimum absolute atomic E-state index is 0.115. The summed E-state index contributed by atoms with van der Waals surface area (Å²) in [6, 6.07) is 5.22. The first-order chi connectivity index (χ1) is 12.8. The van der Waals surface area contributed by atoms with Gasteiger partial charge in [0.25, 0.3) is 5.91 Å². The first kappa shape index (κ1) is 19.0. The van der Waals surface area contributed by atoms with Gasteiger partial charge < -0.3 is 15.4 Å². The van der Waals surface area contributed by atoms with Crippen LogP contribution in [0.4, 0.5) is 20.3 Å². The smallest absolute Gasteiger partial charge is 0.274 e. The molecule has 0 saturated heterocycles. The number of rotatable bonds is 6. The highest BCUT2D eigenvalue weighted by atomic mass is 19.1. The van der Waals surface area contributed by atoms with Crippen LogP contribution in [0.25, 0.3) is 0 Å². The number of nitrogens with one attached hydrogen (secondary N) is 2. The normalized spacial score (nSPS) is 15.2. The average Bonchev–Trinajstić information content (AvgIpc) is 2.56. The molecule has 0 radical (unpaired) electrons. The molecule has 0 unspecified atom stereocenters. The highest BCUT2D eigenvalue weighted by Crippen LogP contribution is 2.38. The van der Waals surface area contributed by atoms with Crippen molar-refractivity contribution in [1.29, 1.82) is 0 Å². The van der Waals surface area contributed by atoms with Crippen molar-refractivity contribution >= 4 is 17.4 Å². The summed E-state index contributed by atoms with van der Waals surface area (Å²) < 4.78 is 31.8. The van der Waals surface area contributed by atoms with E-state index in [1.54, 1.807) is 12.1 Å². The Morgan fingerprint density at radius 3 is 2.37 bits per heavy atom. The molecule has 144 valence electrons. The fraction of sp³-hybridized carbons (Fsp3) is 0.421. The maximum absolute atomic E-state index is 13.3. The summed E-state index contributed by atoms with van der Waals surface area (Å²) in [6.07, 6.45) is 2.92. The van der Waals surface area contributed by atoms with Crippen LogP contribution >= 0.6 is 0 Å². The Bertz CT molecular complexity index is 833. The van der Waals surface area contributed by atoms with Crippen molar-refractivity contribution in [2.24, 2.45) is 5.92 Å². The summed E-state index contributed by atoms with van der Waals surface area (Å²) in [6.45, 7) is 4.16. The number of carbonyl (C=O) groups excluding carboxylic acids is 1. The van der Waals surface area contributed by atoms with Crippen LogP contribution in [0.3, 0.4) is 0 Å². The fourth-order valence-corrected chi connectivity index (χ4v) is 3.22. The van der Waals surface area contributed by atoms with E-state index < -0.39 is 11.9 Å². The number of methoxy groups -OCH3 is 1. The van der Waals surface area contributed by atoms with Crippen LogP contribution < -0.4 is 15.4 Å². The lowest BCUT2D eigenvalue weighted by atomic mass is 9.69. The van der Waals surface area contributed by atoms with Gasteiger partial charge >= 0.3 is 0 Å². The molecule has 1 amide bonds. The number of halogens is 2. The molecule has 2 heterocycles. The minimum atomic E-state index is -0.951. The van der Waals surface area contributed by atoms with Gasteiger partial charge in [0.05, 0.1) is 7.11 Å². The molecule has 0 spiro atoms. The van der Waals surface area contributed by atoms with Gasteiger partial charge in [0.2, 0.25) is 11.9 Å². The van der Waals surface area contributed by atoms with Crippen molar-refractivity contribution in [3.8, 4) is 5.75 Å². The lowest BCUT2D eigenvalue weighted by Gasteiger charge is -2.46. The number of aromatic nitrogens is 2. The van der Waals surface area contributed by atoms with Gasteiger partial charge in [0.1, 0.15) is 11.6 Å². The van der Waals surface area contributed by atoms with Crippen molar-refractivity contribution in [1.82, 2.24) is 15.3 Å². The van der Waals surface area contributed by atoms with E-state index in [4.69, 9.17) is 4.74 Å². The summed E-state index contributed by atoms with van der Waals surface area (Å²) in [5.41, 5.74) is 0.0241. The number of amides is 1. The topological polar surface area (TPSA) is 76.1 Å². The second-order valence-corrected chi connectivity index (χ2v) is 6.99. The Hall–Kier alpha value is -2.77. The molecule has 6 nitrogen and oxygen atoms in total. The van der Waals surface area contributed by atoms with Gasteiger partial charge in [0, 0.05) is 23.4 Å². The van der Waals surface area contributed by atoms with E-state index in [9.17, 15) is 13.6 Å². The number of hydrogen-bond acceptors (Lipinski definition) is 5. The van der Waals surface area contributed by atoms with E-state index in [2.05, 4.69) is 34.4 Å². The molecule has 0 bridgehead atoms. The van der Waals surface area contributed by atoms with E-state index in [1.807, 2.05) is 0 Å². The van der Waals surface area contributed by atoms with Gasteiger partial charge in [-0.25, -0.2) is 4.98 Å². The lowest BCUT2D eigenvalue weighted by molar-refractivity contribution is 0.0719.